The van der Waals surface area contributed by atoms with Crippen molar-refractivity contribution in [2.75, 3.05) is 44.2 Å². The Morgan fingerprint density at radius 2 is 2.17 bits per heavy atom. The molecule has 7 heteroatoms. The number of hydrogen-bond donors (Lipinski definition) is 1. The highest BCUT2D eigenvalue weighted by Gasteiger charge is 2.18. The Morgan fingerprint density at radius 1 is 1.33 bits per heavy atom. The molecular formula is C11H16BrClN4O. The van der Waals surface area contributed by atoms with Crippen molar-refractivity contribution in [1.29, 1.82) is 0 Å². The summed E-state index contributed by atoms with van der Waals surface area (Å²) in [6, 6.07) is 0. The third-order valence-corrected chi connectivity index (χ3v) is 3.74. The second kappa shape index (κ2) is 6.65. The Kier molecular flexibility index (Phi) is 5.17. The van der Waals surface area contributed by atoms with Crippen molar-refractivity contribution >= 4 is 33.3 Å². The number of halogens is 2. The Bertz CT molecular complexity index is 407. The molecule has 1 aliphatic rings. The molecular weight excluding hydrogens is 320 g/mol. The molecule has 5 nitrogen and oxygen atoms in total. The largest absolute Gasteiger partial charge is 0.395 e. The average Bonchev–Trinajstić information content (AvgIpc) is 2.58. The van der Waals surface area contributed by atoms with Crippen LogP contribution in [0.2, 0.25) is 5.28 Å². The third-order valence-electron chi connectivity index (χ3n) is 3.00. The van der Waals surface area contributed by atoms with Gasteiger partial charge in [-0.2, -0.15) is 4.98 Å². The number of anilines is 1. The van der Waals surface area contributed by atoms with Gasteiger partial charge in [0.1, 0.15) is 5.82 Å². The molecule has 2 heterocycles. The molecule has 0 spiro atoms. The normalized spacial score (nSPS) is 17.8. The summed E-state index contributed by atoms with van der Waals surface area (Å²) >= 11 is 9.30. The van der Waals surface area contributed by atoms with Gasteiger partial charge in [0.2, 0.25) is 5.28 Å². The lowest BCUT2D eigenvalue weighted by Crippen LogP contribution is -2.32. The fourth-order valence-electron chi connectivity index (χ4n) is 2.11. The number of β-amino-alcohol motifs (C(OH)–C–C–N with tert-alkyl or cyclic N) is 1. The van der Waals surface area contributed by atoms with Crippen LogP contribution in [0.25, 0.3) is 0 Å². The quantitative estimate of drug-likeness (QED) is 0.846. The second-order valence-corrected chi connectivity index (χ2v) is 5.41. The van der Waals surface area contributed by atoms with Crippen LogP contribution in [0, 0.1) is 0 Å². The van der Waals surface area contributed by atoms with Crippen LogP contribution in [0.1, 0.15) is 6.42 Å². The minimum Gasteiger partial charge on any atom is -0.395 e. The lowest BCUT2D eigenvalue weighted by atomic mass is 10.4. The van der Waals surface area contributed by atoms with Gasteiger partial charge in [0.25, 0.3) is 0 Å². The molecule has 0 atom stereocenters. The van der Waals surface area contributed by atoms with Crippen LogP contribution < -0.4 is 4.90 Å². The molecule has 1 N–H and O–H groups in total. The Morgan fingerprint density at radius 3 is 2.94 bits per heavy atom. The van der Waals surface area contributed by atoms with Gasteiger partial charge in [-0.15, -0.1) is 0 Å². The molecule has 1 saturated heterocycles. The van der Waals surface area contributed by atoms with Gasteiger partial charge in [0.15, 0.2) is 0 Å². The molecule has 0 aromatic carbocycles. The highest BCUT2D eigenvalue weighted by atomic mass is 79.9. The van der Waals surface area contributed by atoms with Crippen molar-refractivity contribution in [2.45, 2.75) is 6.42 Å². The first-order chi connectivity index (χ1) is 8.70. The van der Waals surface area contributed by atoms with E-state index in [0.717, 1.165) is 49.4 Å². The van der Waals surface area contributed by atoms with Crippen molar-refractivity contribution in [1.82, 2.24) is 14.9 Å². The van der Waals surface area contributed by atoms with Crippen molar-refractivity contribution in [3.8, 4) is 0 Å². The lowest BCUT2D eigenvalue weighted by Gasteiger charge is -2.23. The van der Waals surface area contributed by atoms with Crippen molar-refractivity contribution in [3.63, 3.8) is 0 Å². The number of rotatable bonds is 3. The Hall–Kier alpha value is -0.430. The molecule has 18 heavy (non-hydrogen) atoms. The van der Waals surface area contributed by atoms with Gasteiger partial charge in [-0.05, 0) is 40.5 Å². The first kappa shape index (κ1) is 14.0. The van der Waals surface area contributed by atoms with E-state index in [2.05, 4.69) is 35.7 Å². The molecule has 0 aliphatic carbocycles. The predicted octanol–water partition coefficient (Wildman–Crippen LogP) is 1.40. The van der Waals surface area contributed by atoms with E-state index in [1.165, 1.54) is 0 Å². The van der Waals surface area contributed by atoms with E-state index < -0.39 is 0 Å². The number of hydrogen-bond acceptors (Lipinski definition) is 5. The highest BCUT2D eigenvalue weighted by Crippen LogP contribution is 2.25. The van der Waals surface area contributed by atoms with Gasteiger partial charge < -0.3 is 10.0 Å². The minimum atomic E-state index is 0.211. The van der Waals surface area contributed by atoms with E-state index in [1.54, 1.807) is 6.20 Å². The maximum atomic E-state index is 8.97. The highest BCUT2D eigenvalue weighted by molar-refractivity contribution is 9.10. The summed E-state index contributed by atoms with van der Waals surface area (Å²) in [5, 5.41) is 9.24. The summed E-state index contributed by atoms with van der Waals surface area (Å²) in [5.74, 6) is 0.848. The minimum absolute atomic E-state index is 0.211. The summed E-state index contributed by atoms with van der Waals surface area (Å²) in [6.45, 7) is 4.70. The number of nitrogens with zero attached hydrogens (tertiary/aromatic N) is 4. The molecule has 0 saturated carbocycles. The van der Waals surface area contributed by atoms with Gasteiger partial charge >= 0.3 is 0 Å². The van der Waals surface area contributed by atoms with Crippen molar-refractivity contribution in [2.24, 2.45) is 0 Å². The van der Waals surface area contributed by atoms with Crippen LogP contribution in [-0.4, -0.2) is 59.3 Å². The number of aromatic nitrogens is 2. The van der Waals surface area contributed by atoms with E-state index in [9.17, 15) is 0 Å². The van der Waals surface area contributed by atoms with Gasteiger partial charge in [-0.25, -0.2) is 4.98 Å². The summed E-state index contributed by atoms with van der Waals surface area (Å²) in [6.07, 6.45) is 2.73. The van der Waals surface area contributed by atoms with Gasteiger partial charge in [-0.1, -0.05) is 0 Å². The van der Waals surface area contributed by atoms with Crippen LogP contribution >= 0.6 is 27.5 Å². The zero-order valence-corrected chi connectivity index (χ0v) is 12.4. The van der Waals surface area contributed by atoms with Crippen LogP contribution in [0.3, 0.4) is 0 Å². The van der Waals surface area contributed by atoms with Crippen LogP contribution in [0.5, 0.6) is 0 Å². The molecule has 0 unspecified atom stereocenters. The van der Waals surface area contributed by atoms with E-state index >= 15 is 0 Å². The average molecular weight is 336 g/mol. The van der Waals surface area contributed by atoms with Crippen LogP contribution in [0.15, 0.2) is 10.7 Å². The summed E-state index contributed by atoms with van der Waals surface area (Å²) in [5.41, 5.74) is 0. The monoisotopic (exact) mass is 334 g/mol. The molecule has 0 bridgehead atoms. The topological polar surface area (TPSA) is 52.5 Å². The van der Waals surface area contributed by atoms with E-state index in [4.69, 9.17) is 16.7 Å². The lowest BCUT2D eigenvalue weighted by molar-refractivity contribution is 0.204. The molecule has 100 valence electrons. The SMILES string of the molecule is OCCN1CCCN(c2nc(Cl)ncc2Br)CC1. The summed E-state index contributed by atoms with van der Waals surface area (Å²) in [4.78, 5) is 12.7. The molecule has 1 aromatic rings. The van der Waals surface area contributed by atoms with Gasteiger partial charge in [-0.3, -0.25) is 4.90 Å². The molecule has 1 aromatic heterocycles. The molecule has 2 rings (SSSR count). The van der Waals surface area contributed by atoms with Gasteiger partial charge in [0.05, 0.1) is 11.1 Å². The first-order valence-corrected chi connectivity index (χ1v) is 7.14. The van der Waals surface area contributed by atoms with E-state index in [1.807, 2.05) is 0 Å². The third kappa shape index (κ3) is 3.54. The Labute approximate surface area is 120 Å². The van der Waals surface area contributed by atoms with Crippen molar-refractivity contribution in [3.05, 3.63) is 16.0 Å². The van der Waals surface area contributed by atoms with E-state index in [-0.39, 0.29) is 11.9 Å². The molecule has 1 aliphatic heterocycles. The van der Waals surface area contributed by atoms with Crippen LogP contribution in [0.4, 0.5) is 5.82 Å². The maximum Gasteiger partial charge on any atom is 0.224 e. The standard InChI is InChI=1S/C11H16BrClN4O/c12-9-8-14-11(13)15-10(9)17-3-1-2-16(4-5-17)6-7-18/h8,18H,1-7H2. The summed E-state index contributed by atoms with van der Waals surface area (Å²) < 4.78 is 0.863. The number of aliphatic hydroxyl groups excluding tert-OH is 1. The maximum absolute atomic E-state index is 8.97. The zero-order valence-electron chi connectivity index (χ0n) is 10.0. The second-order valence-electron chi connectivity index (χ2n) is 4.22. The van der Waals surface area contributed by atoms with Crippen molar-refractivity contribution < 1.29 is 5.11 Å². The fourth-order valence-corrected chi connectivity index (χ4v) is 2.68. The Balaban J connectivity index is 2.07. The van der Waals surface area contributed by atoms with E-state index in [0.29, 0.717) is 0 Å². The zero-order chi connectivity index (χ0) is 13.0. The first-order valence-electron chi connectivity index (χ1n) is 5.97. The molecule has 1 fully saturated rings. The number of aliphatic hydroxyl groups is 1. The van der Waals surface area contributed by atoms with Crippen LogP contribution in [-0.2, 0) is 0 Å². The van der Waals surface area contributed by atoms with Gasteiger partial charge in [0, 0.05) is 32.4 Å². The smallest absolute Gasteiger partial charge is 0.224 e. The molecule has 0 amide bonds. The fraction of sp³-hybridized carbons (Fsp3) is 0.636. The summed E-state index contributed by atoms with van der Waals surface area (Å²) in [7, 11) is 0. The predicted molar refractivity (Wildman–Crippen MR) is 75.1 cm³/mol. The molecule has 0 radical (unpaired) electrons.